The van der Waals surface area contributed by atoms with E-state index in [0.29, 0.717) is 6.61 Å². The number of ether oxygens (including phenoxy) is 3. The van der Waals surface area contributed by atoms with Crippen molar-refractivity contribution in [2.24, 2.45) is 0 Å². The van der Waals surface area contributed by atoms with Crippen LogP contribution in [0.1, 0.15) is 27.7 Å². The first-order chi connectivity index (χ1) is 8.30. The first kappa shape index (κ1) is 17.9. The van der Waals surface area contributed by atoms with Gasteiger partial charge in [0.05, 0.1) is 12.7 Å². The highest BCUT2D eigenvalue weighted by Gasteiger charge is 2.53. The van der Waals surface area contributed by atoms with Crippen LogP contribution in [0, 0.1) is 0 Å². The Morgan fingerprint density at radius 2 is 1.72 bits per heavy atom. The molecule has 0 fully saturated rings. The number of carbonyl (C=O) groups is 2. The molecule has 7 heteroatoms. The number of halogens is 2. The summed E-state index contributed by atoms with van der Waals surface area (Å²) in [6.07, 6.45) is -0.342. The minimum atomic E-state index is -1.71. The van der Waals surface area contributed by atoms with E-state index in [9.17, 15) is 9.59 Å². The normalized spacial score (nSPS) is 15.9. The summed E-state index contributed by atoms with van der Waals surface area (Å²) in [7, 11) is 0. The zero-order valence-electron chi connectivity index (χ0n) is 10.9. The number of alkyl halides is 2. The predicted octanol–water partition coefficient (Wildman–Crippen LogP) is 2.39. The molecule has 0 amide bonds. The molecule has 0 bridgehead atoms. The monoisotopic (exact) mass is 388 g/mol. The molecule has 0 aliphatic rings. The second-order valence-corrected chi connectivity index (χ2v) is 5.74. The van der Waals surface area contributed by atoms with Gasteiger partial charge in [0.15, 0.2) is 0 Å². The van der Waals surface area contributed by atoms with Gasteiger partial charge in [0.2, 0.25) is 0 Å². The molecule has 0 aromatic heterocycles. The smallest absolute Gasteiger partial charge is 0.338 e. The van der Waals surface area contributed by atoms with Crippen LogP contribution < -0.4 is 0 Å². The highest BCUT2D eigenvalue weighted by molar-refractivity contribution is 9.13. The van der Waals surface area contributed by atoms with E-state index in [1.807, 2.05) is 0 Å². The Morgan fingerprint density at radius 3 is 2.11 bits per heavy atom. The Kier molecular flexibility index (Phi) is 8.05. The van der Waals surface area contributed by atoms with Crippen LogP contribution in [-0.2, 0) is 23.8 Å². The Bertz CT molecular complexity index is 295. The third-order valence-electron chi connectivity index (χ3n) is 1.84. The molecule has 0 saturated heterocycles. The lowest BCUT2D eigenvalue weighted by molar-refractivity contribution is -0.164. The van der Waals surface area contributed by atoms with Gasteiger partial charge in [-0.25, -0.2) is 9.59 Å². The SMILES string of the molecule is CCOC(=O)C(Br)(C(=O)OC(C)C)C(Br)OCC. The van der Waals surface area contributed by atoms with E-state index in [1.165, 1.54) is 0 Å². The molecule has 0 rings (SSSR count). The van der Waals surface area contributed by atoms with E-state index in [4.69, 9.17) is 14.2 Å². The van der Waals surface area contributed by atoms with Crippen molar-refractivity contribution in [1.29, 1.82) is 0 Å². The second-order valence-electron chi connectivity index (χ2n) is 3.66. The average molecular weight is 390 g/mol. The lowest BCUT2D eigenvalue weighted by Crippen LogP contribution is -2.51. The molecule has 0 radical (unpaired) electrons. The van der Waals surface area contributed by atoms with E-state index in [1.54, 1.807) is 27.7 Å². The lowest BCUT2D eigenvalue weighted by atomic mass is 10.1. The third-order valence-corrected chi connectivity index (χ3v) is 4.47. The highest BCUT2D eigenvalue weighted by Crippen LogP contribution is 2.33. The zero-order chi connectivity index (χ0) is 14.3. The summed E-state index contributed by atoms with van der Waals surface area (Å²) in [5, 5.41) is -0.875. The minimum absolute atomic E-state index is 0.160. The van der Waals surface area contributed by atoms with Gasteiger partial charge >= 0.3 is 11.9 Å². The van der Waals surface area contributed by atoms with Crippen LogP contribution in [0.25, 0.3) is 0 Å². The van der Waals surface area contributed by atoms with Gasteiger partial charge in [0, 0.05) is 6.61 Å². The fourth-order valence-electron chi connectivity index (χ4n) is 1.07. The van der Waals surface area contributed by atoms with E-state index in [0.717, 1.165) is 0 Å². The summed E-state index contributed by atoms with van der Waals surface area (Å²) in [6.45, 7) is 7.29. The fraction of sp³-hybridized carbons (Fsp3) is 0.818. The van der Waals surface area contributed by atoms with Crippen molar-refractivity contribution in [2.45, 2.75) is 43.1 Å². The molecule has 2 atom stereocenters. The van der Waals surface area contributed by atoms with Crippen LogP contribution in [0.2, 0.25) is 0 Å². The van der Waals surface area contributed by atoms with E-state index in [-0.39, 0.29) is 12.7 Å². The maximum absolute atomic E-state index is 12.0. The lowest BCUT2D eigenvalue weighted by Gasteiger charge is -2.28. The largest absolute Gasteiger partial charge is 0.464 e. The summed E-state index contributed by atoms with van der Waals surface area (Å²) >= 11 is 6.24. The van der Waals surface area contributed by atoms with Crippen LogP contribution in [-0.4, -0.2) is 40.6 Å². The zero-order valence-corrected chi connectivity index (χ0v) is 14.0. The predicted molar refractivity (Wildman–Crippen MR) is 73.9 cm³/mol. The van der Waals surface area contributed by atoms with Crippen molar-refractivity contribution in [1.82, 2.24) is 0 Å². The maximum Gasteiger partial charge on any atom is 0.338 e. The van der Waals surface area contributed by atoms with E-state index >= 15 is 0 Å². The summed E-state index contributed by atoms with van der Waals surface area (Å²) < 4.78 is 13.5. The molecule has 106 valence electrons. The van der Waals surface area contributed by atoms with Crippen LogP contribution >= 0.6 is 31.9 Å². The van der Waals surface area contributed by atoms with Gasteiger partial charge in [-0.3, -0.25) is 0 Å². The Morgan fingerprint density at radius 1 is 1.17 bits per heavy atom. The molecule has 0 spiro atoms. The van der Waals surface area contributed by atoms with Gasteiger partial charge in [-0.1, -0.05) is 31.9 Å². The van der Waals surface area contributed by atoms with Crippen molar-refractivity contribution in [3.05, 3.63) is 0 Å². The number of hydrogen-bond donors (Lipinski definition) is 0. The van der Waals surface area contributed by atoms with Crippen molar-refractivity contribution in [3.8, 4) is 0 Å². The standard InChI is InChI=1S/C11H18Br2O5/c1-5-16-8(12)11(13,9(14)17-6-2)10(15)18-7(3)4/h7-8H,5-6H2,1-4H3. The fourth-order valence-corrected chi connectivity index (χ4v) is 2.04. The molecule has 0 aromatic carbocycles. The number of rotatable bonds is 7. The molecule has 0 N–H and O–H groups in total. The van der Waals surface area contributed by atoms with Gasteiger partial charge < -0.3 is 14.2 Å². The van der Waals surface area contributed by atoms with Crippen LogP contribution in [0.3, 0.4) is 0 Å². The minimum Gasteiger partial charge on any atom is -0.464 e. The van der Waals surface area contributed by atoms with Gasteiger partial charge in [0.1, 0.15) is 5.01 Å². The van der Waals surface area contributed by atoms with E-state index < -0.39 is 21.3 Å². The molecule has 0 saturated carbocycles. The van der Waals surface area contributed by atoms with Gasteiger partial charge in [-0.2, -0.15) is 0 Å². The molecule has 18 heavy (non-hydrogen) atoms. The van der Waals surface area contributed by atoms with Gasteiger partial charge in [-0.05, 0) is 27.7 Å². The first-order valence-corrected chi connectivity index (χ1v) is 7.34. The van der Waals surface area contributed by atoms with Gasteiger partial charge in [0.25, 0.3) is 4.32 Å². The van der Waals surface area contributed by atoms with Crippen molar-refractivity contribution in [2.75, 3.05) is 13.2 Å². The van der Waals surface area contributed by atoms with Gasteiger partial charge in [-0.15, -0.1) is 0 Å². The highest BCUT2D eigenvalue weighted by atomic mass is 79.9. The van der Waals surface area contributed by atoms with Crippen molar-refractivity contribution >= 4 is 43.8 Å². The summed E-state index contributed by atoms with van der Waals surface area (Å²) in [5.74, 6) is -1.49. The summed E-state index contributed by atoms with van der Waals surface area (Å²) in [4.78, 5) is 24.0. The summed E-state index contributed by atoms with van der Waals surface area (Å²) in [5.41, 5.74) is 0. The maximum atomic E-state index is 12.0. The molecule has 0 aliphatic carbocycles. The molecule has 2 unspecified atom stereocenters. The molecule has 0 heterocycles. The number of hydrogen-bond acceptors (Lipinski definition) is 5. The van der Waals surface area contributed by atoms with Crippen LogP contribution in [0.15, 0.2) is 0 Å². The van der Waals surface area contributed by atoms with Crippen molar-refractivity contribution in [3.63, 3.8) is 0 Å². The average Bonchev–Trinajstić information content (AvgIpc) is 2.27. The molecular formula is C11H18Br2O5. The number of carbonyl (C=O) groups excluding carboxylic acids is 2. The topological polar surface area (TPSA) is 61.8 Å². The molecular weight excluding hydrogens is 372 g/mol. The Balaban J connectivity index is 5.13. The Labute approximate surface area is 124 Å². The molecule has 0 aromatic rings. The molecule has 5 nitrogen and oxygen atoms in total. The quantitative estimate of drug-likeness (QED) is 0.380. The van der Waals surface area contributed by atoms with Crippen LogP contribution in [0.4, 0.5) is 0 Å². The second kappa shape index (κ2) is 8.12. The van der Waals surface area contributed by atoms with E-state index in [2.05, 4.69) is 31.9 Å². The number of esters is 2. The molecule has 0 aliphatic heterocycles. The van der Waals surface area contributed by atoms with Crippen LogP contribution in [0.5, 0.6) is 0 Å². The van der Waals surface area contributed by atoms with Crippen molar-refractivity contribution < 1.29 is 23.8 Å². The first-order valence-electron chi connectivity index (χ1n) is 5.63. The third kappa shape index (κ3) is 4.51. The Hall–Kier alpha value is -0.140. The summed E-state index contributed by atoms with van der Waals surface area (Å²) in [6, 6.07) is 0.